The van der Waals surface area contributed by atoms with Crippen molar-refractivity contribution >= 4 is 17.7 Å². The van der Waals surface area contributed by atoms with Crippen LogP contribution < -0.4 is 21.3 Å². The molecule has 3 aliphatic rings. The zero-order chi connectivity index (χ0) is 21.4. The van der Waals surface area contributed by atoms with Crippen LogP contribution in [0.4, 0.5) is 28.4 Å². The van der Waals surface area contributed by atoms with E-state index in [1.165, 1.54) is 18.6 Å². The van der Waals surface area contributed by atoms with Crippen LogP contribution in [-0.4, -0.2) is 29.2 Å². The van der Waals surface area contributed by atoms with Crippen molar-refractivity contribution in [3.8, 4) is 0 Å². The number of hydrogen-bond acceptors (Lipinski definition) is 2. The van der Waals surface area contributed by atoms with E-state index >= 15 is 0 Å². The molecule has 3 fully saturated rings. The van der Waals surface area contributed by atoms with Gasteiger partial charge >= 0.3 is 18.2 Å². The van der Waals surface area contributed by atoms with E-state index < -0.39 is 28.8 Å². The molecule has 164 valence electrons. The van der Waals surface area contributed by atoms with Crippen molar-refractivity contribution in [1.82, 2.24) is 16.0 Å². The largest absolute Gasteiger partial charge is 0.416 e. The Balaban J connectivity index is 1.31. The van der Waals surface area contributed by atoms with Gasteiger partial charge in [-0.15, -0.1) is 0 Å². The highest BCUT2D eigenvalue weighted by Crippen LogP contribution is 2.57. The minimum atomic E-state index is -4.42. The van der Waals surface area contributed by atoms with E-state index in [-0.39, 0.29) is 17.8 Å². The quantitative estimate of drug-likeness (QED) is 0.560. The van der Waals surface area contributed by atoms with Crippen molar-refractivity contribution < 1.29 is 22.8 Å². The number of hydrogen-bond donors (Lipinski definition) is 4. The molecule has 0 bridgehead atoms. The summed E-state index contributed by atoms with van der Waals surface area (Å²) in [5.41, 5.74) is -1.42. The normalized spacial score (nSPS) is 22.0. The summed E-state index contributed by atoms with van der Waals surface area (Å²) in [6.07, 6.45) is 4.17. The van der Waals surface area contributed by atoms with Crippen LogP contribution in [0, 0.1) is 0 Å². The lowest BCUT2D eigenvalue weighted by molar-refractivity contribution is -0.137. The molecule has 0 spiro atoms. The van der Waals surface area contributed by atoms with Gasteiger partial charge in [-0.1, -0.05) is 19.3 Å². The molecule has 30 heavy (non-hydrogen) atoms. The number of carbonyl (C=O) groups excluding carboxylic acids is 2. The number of urea groups is 2. The zero-order valence-electron chi connectivity index (χ0n) is 16.7. The molecule has 4 N–H and O–H groups in total. The van der Waals surface area contributed by atoms with Gasteiger partial charge in [0.1, 0.15) is 0 Å². The Bertz CT molecular complexity index is 795. The summed E-state index contributed by atoms with van der Waals surface area (Å²) >= 11 is 0. The maximum Gasteiger partial charge on any atom is 0.416 e. The minimum Gasteiger partial charge on any atom is -0.335 e. The zero-order valence-corrected chi connectivity index (χ0v) is 16.7. The highest BCUT2D eigenvalue weighted by Gasteiger charge is 2.67. The van der Waals surface area contributed by atoms with E-state index in [2.05, 4.69) is 21.3 Å². The monoisotopic (exact) mass is 424 g/mol. The van der Waals surface area contributed by atoms with Crippen LogP contribution in [0.3, 0.4) is 0 Å². The van der Waals surface area contributed by atoms with Crippen LogP contribution in [0.2, 0.25) is 0 Å². The topological polar surface area (TPSA) is 82.3 Å². The molecule has 0 heterocycles. The SMILES string of the molecule is O=C(Nc1ccc(C(F)(F)F)cc1)NC1(C2(NC(=O)NC3CCCCC3)CC2)CC1. The number of rotatable bonds is 5. The molecule has 4 amide bonds. The van der Waals surface area contributed by atoms with Crippen molar-refractivity contribution in [2.75, 3.05) is 5.32 Å². The van der Waals surface area contributed by atoms with Gasteiger partial charge in [0.2, 0.25) is 0 Å². The van der Waals surface area contributed by atoms with Crippen molar-refractivity contribution in [1.29, 1.82) is 0 Å². The van der Waals surface area contributed by atoms with Gasteiger partial charge in [-0.3, -0.25) is 0 Å². The lowest BCUT2D eigenvalue weighted by Gasteiger charge is -2.31. The summed E-state index contributed by atoms with van der Waals surface area (Å²) in [4.78, 5) is 24.9. The number of halogens is 3. The van der Waals surface area contributed by atoms with Crippen molar-refractivity contribution in [2.24, 2.45) is 0 Å². The van der Waals surface area contributed by atoms with Crippen molar-refractivity contribution in [3.05, 3.63) is 29.8 Å². The number of amides is 4. The lowest BCUT2D eigenvalue weighted by atomic mass is 9.95. The van der Waals surface area contributed by atoms with Crippen molar-refractivity contribution in [3.63, 3.8) is 0 Å². The van der Waals surface area contributed by atoms with Gasteiger partial charge in [-0.05, 0) is 62.8 Å². The summed E-state index contributed by atoms with van der Waals surface area (Å²) in [7, 11) is 0. The molecule has 4 rings (SSSR count). The maximum absolute atomic E-state index is 12.7. The molecule has 1 aromatic rings. The first-order valence-electron chi connectivity index (χ1n) is 10.6. The van der Waals surface area contributed by atoms with Crippen LogP contribution in [0.25, 0.3) is 0 Å². The second-order valence-corrected chi connectivity index (χ2v) is 8.75. The average Bonchev–Trinajstić information content (AvgIpc) is 3.60. The van der Waals surface area contributed by atoms with Gasteiger partial charge in [0.05, 0.1) is 16.6 Å². The molecular formula is C21H27F3N4O2. The molecular weight excluding hydrogens is 397 g/mol. The number of benzene rings is 1. The molecule has 0 aliphatic heterocycles. The molecule has 0 unspecified atom stereocenters. The Morgan fingerprint density at radius 3 is 1.87 bits per heavy atom. The van der Waals surface area contributed by atoms with E-state index in [9.17, 15) is 22.8 Å². The molecule has 0 atom stereocenters. The first kappa shape index (κ1) is 20.8. The number of anilines is 1. The van der Waals surface area contributed by atoms with E-state index in [1.54, 1.807) is 0 Å². The highest BCUT2D eigenvalue weighted by atomic mass is 19.4. The van der Waals surface area contributed by atoms with Crippen LogP contribution in [0.1, 0.15) is 63.4 Å². The lowest BCUT2D eigenvalue weighted by Crippen LogP contribution is -2.59. The molecule has 3 saturated carbocycles. The number of alkyl halides is 3. The Kier molecular flexibility index (Phi) is 5.32. The standard InChI is InChI=1S/C21H27F3N4O2/c22-21(23,24)14-6-8-16(9-7-14)26-18(30)28-20(12-13-20)19(10-11-19)27-17(29)25-15-4-2-1-3-5-15/h6-9,15H,1-5,10-13H2,(H2,25,27,29)(H2,26,28,30). The molecule has 1 aromatic carbocycles. The Morgan fingerprint density at radius 2 is 1.37 bits per heavy atom. The first-order valence-corrected chi connectivity index (χ1v) is 10.6. The van der Waals surface area contributed by atoms with Crippen molar-refractivity contribution in [2.45, 2.75) is 81.1 Å². The van der Waals surface area contributed by atoms with Crippen LogP contribution in [-0.2, 0) is 6.18 Å². The molecule has 0 saturated heterocycles. The fraction of sp³-hybridized carbons (Fsp3) is 0.619. The van der Waals surface area contributed by atoms with Gasteiger partial charge in [0.25, 0.3) is 0 Å². The summed E-state index contributed by atoms with van der Waals surface area (Å²) in [6.45, 7) is 0. The molecule has 0 radical (unpaired) electrons. The predicted octanol–water partition coefficient (Wildman–Crippen LogP) is 4.52. The molecule has 9 heteroatoms. The van der Waals surface area contributed by atoms with Gasteiger partial charge < -0.3 is 21.3 Å². The smallest absolute Gasteiger partial charge is 0.335 e. The number of nitrogens with one attached hydrogen (secondary N) is 4. The second kappa shape index (κ2) is 7.67. The summed E-state index contributed by atoms with van der Waals surface area (Å²) in [5, 5.41) is 11.7. The molecule has 0 aromatic heterocycles. The summed E-state index contributed by atoms with van der Waals surface area (Å²) < 4.78 is 38.0. The van der Waals surface area contributed by atoms with Gasteiger partial charge in [0, 0.05) is 11.7 Å². The third-order valence-electron chi connectivity index (χ3n) is 6.53. The Hall–Kier alpha value is -2.45. The van der Waals surface area contributed by atoms with E-state index in [0.29, 0.717) is 0 Å². The average molecular weight is 424 g/mol. The third kappa shape index (κ3) is 4.49. The predicted molar refractivity (Wildman–Crippen MR) is 106 cm³/mol. The van der Waals surface area contributed by atoms with Crippen LogP contribution in [0.5, 0.6) is 0 Å². The van der Waals surface area contributed by atoms with Crippen LogP contribution >= 0.6 is 0 Å². The fourth-order valence-corrected chi connectivity index (χ4v) is 4.50. The first-order chi connectivity index (χ1) is 14.2. The van der Waals surface area contributed by atoms with Crippen LogP contribution in [0.15, 0.2) is 24.3 Å². The summed E-state index contributed by atoms with van der Waals surface area (Å²) in [5.74, 6) is 0. The van der Waals surface area contributed by atoms with E-state index in [0.717, 1.165) is 63.5 Å². The Labute approximate surface area is 173 Å². The molecule has 3 aliphatic carbocycles. The molecule has 6 nitrogen and oxygen atoms in total. The van der Waals surface area contributed by atoms with Gasteiger partial charge in [-0.25, -0.2) is 9.59 Å². The van der Waals surface area contributed by atoms with Gasteiger partial charge in [0.15, 0.2) is 0 Å². The van der Waals surface area contributed by atoms with Gasteiger partial charge in [-0.2, -0.15) is 13.2 Å². The fourth-order valence-electron chi connectivity index (χ4n) is 4.50. The minimum absolute atomic E-state index is 0.185. The highest BCUT2D eigenvalue weighted by molar-refractivity contribution is 5.90. The van der Waals surface area contributed by atoms with E-state index in [1.807, 2.05) is 0 Å². The third-order valence-corrected chi connectivity index (χ3v) is 6.53. The Morgan fingerprint density at radius 1 is 0.833 bits per heavy atom. The summed E-state index contributed by atoms with van der Waals surface area (Å²) in [6, 6.07) is 3.86. The van der Waals surface area contributed by atoms with E-state index in [4.69, 9.17) is 0 Å². The maximum atomic E-state index is 12.7. The second-order valence-electron chi connectivity index (χ2n) is 8.75. The number of carbonyl (C=O) groups is 2.